The van der Waals surface area contributed by atoms with Crippen LogP contribution in [0.3, 0.4) is 0 Å². The molecule has 0 bridgehead atoms. The van der Waals surface area contributed by atoms with Crippen LogP contribution < -0.4 is 0 Å². The van der Waals surface area contributed by atoms with Crippen molar-refractivity contribution in [1.29, 1.82) is 0 Å². The van der Waals surface area contributed by atoms with Crippen LogP contribution in [0, 0.1) is 0 Å². The van der Waals surface area contributed by atoms with Gasteiger partial charge < -0.3 is 0 Å². The van der Waals surface area contributed by atoms with Gasteiger partial charge in [0.15, 0.2) is 0 Å². The fourth-order valence-corrected chi connectivity index (χ4v) is 9.58. The van der Waals surface area contributed by atoms with Crippen LogP contribution in [-0.2, 0) is 24.7 Å². The van der Waals surface area contributed by atoms with E-state index in [1.807, 2.05) is 0 Å². The number of rotatable bonds is 4. The average molecular weight is 354 g/mol. The molecule has 14 heavy (non-hydrogen) atoms. The zero-order valence-corrected chi connectivity index (χ0v) is 12.1. The Kier molecular flexibility index (Phi) is 3.71. The summed E-state index contributed by atoms with van der Waals surface area (Å²) < 4.78 is 9.21. The molecule has 2 aliphatic rings. The molecule has 0 unspecified atom stereocenters. The van der Waals surface area contributed by atoms with E-state index in [1.54, 1.807) is 6.66 Å². The van der Waals surface area contributed by atoms with Crippen LogP contribution in [0.5, 0.6) is 0 Å². The molecular formula is C12H15HfO. The van der Waals surface area contributed by atoms with E-state index in [9.17, 15) is 0 Å². The molecule has 0 saturated carbocycles. The maximum atomic E-state index is 6.01. The third-order valence-electron chi connectivity index (χ3n) is 2.41. The fraction of sp³-hybridized carbons (Fsp3) is 0.333. The minimum absolute atomic E-state index is 0.872. The van der Waals surface area contributed by atoms with Crippen molar-refractivity contribution >= 4 is 0 Å². The van der Waals surface area contributed by atoms with Crippen molar-refractivity contribution in [3.8, 4) is 0 Å². The first-order valence-corrected chi connectivity index (χ1v) is 10.2. The van der Waals surface area contributed by atoms with Crippen LogP contribution in [0.1, 0.15) is 19.8 Å². The monoisotopic (exact) mass is 355 g/mol. The van der Waals surface area contributed by atoms with E-state index >= 15 is 0 Å². The van der Waals surface area contributed by atoms with Crippen molar-refractivity contribution in [2.45, 2.75) is 19.8 Å². The summed E-state index contributed by atoms with van der Waals surface area (Å²) >= 11 is -2.02. The SMILES string of the molecule is CC[O][Hf]([C]1=CC=CC1)[C]1=CC=CC1. The molecule has 0 atom stereocenters. The van der Waals surface area contributed by atoms with Crippen LogP contribution in [0.15, 0.2) is 43.1 Å². The number of allylic oxidation sites excluding steroid dienone is 8. The quantitative estimate of drug-likeness (QED) is 0.705. The molecule has 2 aliphatic carbocycles. The molecule has 0 aromatic heterocycles. The van der Waals surface area contributed by atoms with Gasteiger partial charge in [0.1, 0.15) is 0 Å². The summed E-state index contributed by atoms with van der Waals surface area (Å²) in [5.74, 6) is 0. The van der Waals surface area contributed by atoms with E-state index in [0.717, 1.165) is 19.4 Å². The zero-order valence-electron chi connectivity index (χ0n) is 8.49. The predicted molar refractivity (Wildman–Crippen MR) is 55.3 cm³/mol. The molecule has 2 rings (SSSR count). The summed E-state index contributed by atoms with van der Waals surface area (Å²) in [6, 6.07) is 0. The molecule has 2 heteroatoms. The molecule has 0 aromatic carbocycles. The van der Waals surface area contributed by atoms with Gasteiger partial charge in [-0.15, -0.1) is 0 Å². The van der Waals surface area contributed by atoms with E-state index in [1.165, 1.54) is 0 Å². The van der Waals surface area contributed by atoms with Gasteiger partial charge in [0.2, 0.25) is 0 Å². The van der Waals surface area contributed by atoms with Crippen molar-refractivity contribution in [1.82, 2.24) is 0 Å². The first-order chi connectivity index (χ1) is 6.92. The first-order valence-electron chi connectivity index (χ1n) is 5.13. The van der Waals surface area contributed by atoms with Gasteiger partial charge in [-0.05, 0) is 0 Å². The van der Waals surface area contributed by atoms with Gasteiger partial charge in [0, 0.05) is 0 Å². The molecule has 0 fully saturated rings. The molecule has 0 amide bonds. The molecule has 0 spiro atoms. The Morgan fingerprint density at radius 3 is 2.07 bits per heavy atom. The molecule has 0 radical (unpaired) electrons. The topological polar surface area (TPSA) is 9.23 Å². The molecular weight excluding hydrogens is 339 g/mol. The third-order valence-corrected chi connectivity index (χ3v) is 11.3. The minimum atomic E-state index is -2.02. The summed E-state index contributed by atoms with van der Waals surface area (Å²) in [6.07, 6.45) is 15.6. The molecule has 0 saturated heterocycles. The van der Waals surface area contributed by atoms with E-state index in [4.69, 9.17) is 2.85 Å². The third kappa shape index (κ3) is 2.23. The molecule has 0 heterocycles. The van der Waals surface area contributed by atoms with Crippen molar-refractivity contribution in [2.75, 3.05) is 6.61 Å². The molecule has 0 aromatic rings. The number of hydrogen-bond donors (Lipinski definition) is 0. The Labute approximate surface area is 94.0 Å². The van der Waals surface area contributed by atoms with Crippen LogP contribution in [0.2, 0.25) is 0 Å². The molecule has 0 aliphatic heterocycles. The number of hydrogen-bond acceptors (Lipinski definition) is 1. The normalized spacial score (nSPS) is 18.6. The van der Waals surface area contributed by atoms with Crippen molar-refractivity contribution in [3.05, 3.63) is 43.1 Å². The maximum absolute atomic E-state index is 6.01. The van der Waals surface area contributed by atoms with Gasteiger partial charge in [-0.25, -0.2) is 0 Å². The Balaban J connectivity index is 2.07. The second-order valence-corrected chi connectivity index (χ2v) is 11.4. The Bertz CT molecular complexity index is 293. The first kappa shape index (κ1) is 10.3. The van der Waals surface area contributed by atoms with Crippen molar-refractivity contribution < 1.29 is 24.7 Å². The summed E-state index contributed by atoms with van der Waals surface area (Å²) in [6.45, 7) is 2.98. The van der Waals surface area contributed by atoms with Gasteiger partial charge >= 0.3 is 94.2 Å². The van der Waals surface area contributed by atoms with Crippen LogP contribution in [-0.4, -0.2) is 6.61 Å². The Morgan fingerprint density at radius 2 is 1.71 bits per heavy atom. The van der Waals surface area contributed by atoms with Gasteiger partial charge in [0.05, 0.1) is 0 Å². The van der Waals surface area contributed by atoms with Gasteiger partial charge in [-0.2, -0.15) is 0 Å². The van der Waals surface area contributed by atoms with E-state index < -0.39 is 21.9 Å². The standard InChI is InChI=1S/2C5H5.C2H5O.Hf/c2*1-2-4-5-3-1;1-2-3;/h2*1-3H,4H2;2H2,1H3;/q;;-1;+1. The summed E-state index contributed by atoms with van der Waals surface area (Å²) in [7, 11) is 0. The van der Waals surface area contributed by atoms with E-state index in [-0.39, 0.29) is 0 Å². The Hall–Kier alpha value is -0.210. The average Bonchev–Trinajstić information content (AvgIpc) is 2.87. The second-order valence-electron chi connectivity index (χ2n) is 3.41. The van der Waals surface area contributed by atoms with Gasteiger partial charge in [-0.3, -0.25) is 0 Å². The van der Waals surface area contributed by atoms with Crippen LogP contribution >= 0.6 is 0 Å². The van der Waals surface area contributed by atoms with Gasteiger partial charge in [-0.1, -0.05) is 0 Å². The van der Waals surface area contributed by atoms with Crippen LogP contribution in [0.4, 0.5) is 0 Å². The van der Waals surface area contributed by atoms with Crippen molar-refractivity contribution in [3.63, 3.8) is 0 Å². The zero-order chi connectivity index (χ0) is 9.80. The van der Waals surface area contributed by atoms with E-state index in [0.29, 0.717) is 0 Å². The van der Waals surface area contributed by atoms with Gasteiger partial charge in [0.25, 0.3) is 0 Å². The van der Waals surface area contributed by atoms with Crippen LogP contribution in [0.25, 0.3) is 0 Å². The summed E-state index contributed by atoms with van der Waals surface area (Å²) in [5.41, 5.74) is 0. The molecule has 73 valence electrons. The second kappa shape index (κ2) is 5.04. The molecule has 1 nitrogen and oxygen atoms in total. The Morgan fingerprint density at radius 1 is 1.14 bits per heavy atom. The summed E-state index contributed by atoms with van der Waals surface area (Å²) in [4.78, 5) is 0. The summed E-state index contributed by atoms with van der Waals surface area (Å²) in [5, 5.41) is 0. The molecule has 0 N–H and O–H groups in total. The predicted octanol–water partition coefficient (Wildman–Crippen LogP) is 3.24. The van der Waals surface area contributed by atoms with E-state index in [2.05, 4.69) is 43.4 Å². The van der Waals surface area contributed by atoms with Crippen molar-refractivity contribution in [2.24, 2.45) is 0 Å². The fourth-order valence-electron chi connectivity index (χ4n) is 1.77.